The molecule has 8 heteroatoms. The topological polar surface area (TPSA) is 72.4 Å². The fourth-order valence-corrected chi connectivity index (χ4v) is 4.69. The van der Waals surface area contributed by atoms with Crippen LogP contribution in [0.25, 0.3) is 0 Å². The number of anilines is 1. The van der Waals surface area contributed by atoms with Crippen molar-refractivity contribution < 1.29 is 13.2 Å². The van der Waals surface area contributed by atoms with Crippen molar-refractivity contribution >= 4 is 31.6 Å². The van der Waals surface area contributed by atoms with E-state index >= 15 is 0 Å². The number of sulfonamides is 1. The van der Waals surface area contributed by atoms with E-state index in [4.69, 9.17) is 4.74 Å². The van der Waals surface area contributed by atoms with Gasteiger partial charge in [0.05, 0.1) is 24.6 Å². The Labute approximate surface area is 185 Å². The highest BCUT2D eigenvalue weighted by Gasteiger charge is 2.31. The molecule has 0 saturated heterocycles. The Bertz CT molecular complexity index is 1100. The van der Waals surface area contributed by atoms with Crippen LogP contribution in [0, 0.1) is 5.92 Å². The Morgan fingerprint density at radius 2 is 1.80 bits per heavy atom. The number of ether oxygens (including phenoxy) is 1. The molecule has 1 heterocycles. The van der Waals surface area contributed by atoms with Gasteiger partial charge >= 0.3 is 0 Å². The van der Waals surface area contributed by atoms with E-state index < -0.39 is 16.1 Å². The average Bonchev–Trinajstić information content (AvgIpc) is 3.56. The summed E-state index contributed by atoms with van der Waals surface area (Å²) in [5.74, 6) is 1.27. The number of rotatable bonds is 8. The molecule has 3 aromatic rings. The second kappa shape index (κ2) is 8.73. The zero-order valence-corrected chi connectivity index (χ0v) is 18.9. The van der Waals surface area contributed by atoms with Gasteiger partial charge in [0.15, 0.2) is 0 Å². The molecule has 0 aliphatic heterocycles. The molecule has 0 radical (unpaired) electrons. The van der Waals surface area contributed by atoms with Crippen molar-refractivity contribution in [1.29, 1.82) is 0 Å². The summed E-state index contributed by atoms with van der Waals surface area (Å²) in [5, 5.41) is 0. The van der Waals surface area contributed by atoms with Gasteiger partial charge in [-0.3, -0.25) is 4.31 Å². The molecule has 1 aromatic heterocycles. The third kappa shape index (κ3) is 4.99. The van der Waals surface area contributed by atoms with E-state index in [1.807, 2.05) is 36.4 Å². The first-order chi connectivity index (χ1) is 14.4. The van der Waals surface area contributed by atoms with Gasteiger partial charge in [0.25, 0.3) is 0 Å². The van der Waals surface area contributed by atoms with Gasteiger partial charge in [-0.15, -0.1) is 0 Å². The predicted octanol–water partition coefficient (Wildman–Crippen LogP) is 4.58. The minimum Gasteiger partial charge on any atom is -0.493 e. The fraction of sp³-hybridized carbons (Fsp3) is 0.273. The molecule has 1 aliphatic rings. The maximum Gasteiger partial charge on any atom is 0.233 e. The summed E-state index contributed by atoms with van der Waals surface area (Å²) in [6.45, 7) is 0.658. The Morgan fingerprint density at radius 3 is 2.43 bits per heavy atom. The normalized spacial score (nSPS) is 14.9. The van der Waals surface area contributed by atoms with Crippen molar-refractivity contribution in [1.82, 2.24) is 9.97 Å². The zero-order chi connectivity index (χ0) is 21.1. The molecule has 1 atom stereocenters. The number of hydrogen-bond acceptors (Lipinski definition) is 5. The van der Waals surface area contributed by atoms with Crippen molar-refractivity contribution in [2.75, 3.05) is 17.2 Å². The highest BCUT2D eigenvalue weighted by molar-refractivity contribution is 9.10. The first-order valence-electron chi connectivity index (χ1n) is 9.64. The number of hydrogen-bond donors (Lipinski definition) is 0. The van der Waals surface area contributed by atoms with Gasteiger partial charge in [-0.05, 0) is 48.6 Å². The molecular weight excluding hydrogens is 466 g/mol. The van der Waals surface area contributed by atoms with Crippen LogP contribution in [0.3, 0.4) is 0 Å². The van der Waals surface area contributed by atoms with Crippen LogP contribution in [-0.2, 0) is 10.0 Å². The molecular formula is C22H22BrN3O3S. The molecule has 0 amide bonds. The molecule has 0 N–H and O–H groups in total. The van der Waals surface area contributed by atoms with Crippen LogP contribution in [0.4, 0.5) is 5.69 Å². The van der Waals surface area contributed by atoms with Crippen molar-refractivity contribution in [2.24, 2.45) is 5.92 Å². The molecule has 1 saturated carbocycles. The smallest absolute Gasteiger partial charge is 0.233 e. The van der Waals surface area contributed by atoms with Gasteiger partial charge in [0.2, 0.25) is 10.0 Å². The zero-order valence-electron chi connectivity index (χ0n) is 16.5. The van der Waals surface area contributed by atoms with Gasteiger partial charge in [0.1, 0.15) is 12.1 Å². The number of nitrogens with zero attached hydrogens (tertiary/aromatic N) is 3. The first kappa shape index (κ1) is 20.8. The maximum atomic E-state index is 13.0. The largest absolute Gasteiger partial charge is 0.493 e. The molecule has 1 fully saturated rings. The predicted molar refractivity (Wildman–Crippen MR) is 120 cm³/mol. The van der Waals surface area contributed by atoms with E-state index in [0.29, 0.717) is 29.5 Å². The Balaban J connectivity index is 1.80. The summed E-state index contributed by atoms with van der Waals surface area (Å²) < 4.78 is 34.2. The molecule has 0 spiro atoms. The van der Waals surface area contributed by atoms with Gasteiger partial charge in [-0.1, -0.05) is 34.1 Å². The SMILES string of the molecule is CS(=O)(=O)N(c1cccc(OCC2CC2)c1)C(c1ccc(Br)cc1)c1cncnc1. The van der Waals surface area contributed by atoms with E-state index in [0.717, 1.165) is 10.0 Å². The van der Waals surface area contributed by atoms with Crippen LogP contribution in [0.1, 0.15) is 30.0 Å². The molecule has 0 bridgehead atoms. The van der Waals surface area contributed by atoms with Crippen molar-refractivity contribution in [3.05, 3.63) is 82.9 Å². The van der Waals surface area contributed by atoms with Crippen LogP contribution in [0.2, 0.25) is 0 Å². The summed E-state index contributed by atoms with van der Waals surface area (Å²) in [6.07, 6.45) is 8.31. The number of aromatic nitrogens is 2. The highest BCUT2D eigenvalue weighted by Crippen LogP contribution is 2.37. The van der Waals surface area contributed by atoms with Crippen molar-refractivity contribution in [3.8, 4) is 5.75 Å². The monoisotopic (exact) mass is 487 g/mol. The molecule has 156 valence electrons. The van der Waals surface area contributed by atoms with Gasteiger partial charge in [-0.25, -0.2) is 18.4 Å². The summed E-state index contributed by atoms with van der Waals surface area (Å²) in [4.78, 5) is 8.23. The van der Waals surface area contributed by atoms with Crippen LogP contribution in [0.5, 0.6) is 5.75 Å². The van der Waals surface area contributed by atoms with Crippen LogP contribution >= 0.6 is 15.9 Å². The lowest BCUT2D eigenvalue weighted by atomic mass is 10.0. The van der Waals surface area contributed by atoms with Gasteiger partial charge in [-0.2, -0.15) is 0 Å². The van der Waals surface area contributed by atoms with E-state index in [-0.39, 0.29) is 0 Å². The van der Waals surface area contributed by atoms with E-state index in [1.54, 1.807) is 24.5 Å². The van der Waals surface area contributed by atoms with Crippen LogP contribution in [0.15, 0.2) is 71.7 Å². The van der Waals surface area contributed by atoms with Crippen molar-refractivity contribution in [2.45, 2.75) is 18.9 Å². The van der Waals surface area contributed by atoms with Crippen molar-refractivity contribution in [3.63, 3.8) is 0 Å². The molecule has 1 unspecified atom stereocenters. The first-order valence-corrected chi connectivity index (χ1v) is 12.3. The summed E-state index contributed by atoms with van der Waals surface area (Å²) in [5.41, 5.74) is 2.01. The molecule has 2 aromatic carbocycles. The van der Waals surface area contributed by atoms with E-state index in [9.17, 15) is 8.42 Å². The van der Waals surface area contributed by atoms with Crippen LogP contribution < -0.4 is 9.04 Å². The van der Waals surface area contributed by atoms with E-state index in [1.165, 1.54) is 29.7 Å². The Kier molecular flexibility index (Phi) is 6.06. The molecule has 30 heavy (non-hydrogen) atoms. The van der Waals surface area contributed by atoms with Gasteiger partial charge in [0, 0.05) is 28.5 Å². The summed E-state index contributed by atoms with van der Waals surface area (Å²) >= 11 is 3.44. The minimum atomic E-state index is -3.65. The molecule has 6 nitrogen and oxygen atoms in total. The molecule has 4 rings (SSSR count). The Morgan fingerprint density at radius 1 is 1.10 bits per heavy atom. The second-order valence-corrected chi connectivity index (χ2v) is 10.2. The van der Waals surface area contributed by atoms with Crippen LogP contribution in [-0.4, -0.2) is 31.2 Å². The Hall–Kier alpha value is -2.45. The van der Waals surface area contributed by atoms with Gasteiger partial charge < -0.3 is 4.74 Å². The third-order valence-electron chi connectivity index (χ3n) is 4.93. The standard InChI is InChI=1S/C22H22BrN3O3S/c1-30(27,28)26(20-3-2-4-21(11-20)29-14-16-5-6-16)22(18-12-24-15-25-13-18)17-7-9-19(23)10-8-17/h2-4,7-13,15-16,22H,5-6,14H2,1H3. The summed E-state index contributed by atoms with van der Waals surface area (Å²) in [6, 6.07) is 14.2. The number of benzene rings is 2. The second-order valence-electron chi connectivity index (χ2n) is 7.44. The van der Waals surface area contributed by atoms with E-state index in [2.05, 4.69) is 25.9 Å². The minimum absolute atomic E-state index is 0.530. The lowest BCUT2D eigenvalue weighted by Crippen LogP contribution is -2.35. The maximum absolute atomic E-state index is 13.0. The lowest BCUT2D eigenvalue weighted by molar-refractivity contribution is 0.300. The summed E-state index contributed by atoms with van der Waals surface area (Å²) in [7, 11) is -3.65. The highest BCUT2D eigenvalue weighted by atomic mass is 79.9. The lowest BCUT2D eigenvalue weighted by Gasteiger charge is -2.32. The number of halogens is 1. The average molecular weight is 488 g/mol. The third-order valence-corrected chi connectivity index (χ3v) is 6.59. The quantitative estimate of drug-likeness (QED) is 0.464. The molecule has 1 aliphatic carbocycles. The fourth-order valence-electron chi connectivity index (χ4n) is 3.30.